The van der Waals surface area contributed by atoms with E-state index in [-0.39, 0.29) is 6.04 Å². The first-order chi connectivity index (χ1) is 6.77. The van der Waals surface area contributed by atoms with Gasteiger partial charge in [0.25, 0.3) is 0 Å². The number of guanidine groups is 1. The number of nitrogens with zero attached hydrogens (tertiary/aromatic N) is 2. The Hall–Kier alpha value is -1.45. The quantitative estimate of drug-likeness (QED) is 0.768. The van der Waals surface area contributed by atoms with Crippen molar-refractivity contribution in [2.24, 2.45) is 4.99 Å². The van der Waals surface area contributed by atoms with Crippen LogP contribution < -0.4 is 5.32 Å². The number of aliphatic imine (C=N–C) groups is 1. The van der Waals surface area contributed by atoms with Gasteiger partial charge >= 0.3 is 0 Å². The highest BCUT2D eigenvalue weighted by Gasteiger charge is 2.16. The molecule has 4 nitrogen and oxygen atoms in total. The lowest BCUT2D eigenvalue weighted by atomic mass is 10.2. The summed E-state index contributed by atoms with van der Waals surface area (Å²) in [6, 6.07) is 4.03. The van der Waals surface area contributed by atoms with Crippen molar-refractivity contribution in [3.63, 3.8) is 0 Å². The molecule has 0 bridgehead atoms. The molecular formula is C10H15N3O. The summed E-state index contributed by atoms with van der Waals surface area (Å²) >= 11 is 0. The van der Waals surface area contributed by atoms with Crippen LogP contribution in [0.3, 0.4) is 0 Å². The zero-order chi connectivity index (χ0) is 9.97. The van der Waals surface area contributed by atoms with Crippen LogP contribution in [0.2, 0.25) is 0 Å². The summed E-state index contributed by atoms with van der Waals surface area (Å²) in [7, 11) is 2.04. The van der Waals surface area contributed by atoms with E-state index in [1.807, 2.05) is 19.2 Å². The molecule has 0 fully saturated rings. The fraction of sp³-hybridized carbons (Fsp3) is 0.500. The highest BCUT2D eigenvalue weighted by Crippen LogP contribution is 2.13. The second-order valence-electron chi connectivity index (χ2n) is 3.51. The first kappa shape index (κ1) is 9.12. The van der Waals surface area contributed by atoms with Gasteiger partial charge in [0.2, 0.25) is 0 Å². The molecule has 2 rings (SSSR count). The summed E-state index contributed by atoms with van der Waals surface area (Å²) in [6.45, 7) is 3.93. The topological polar surface area (TPSA) is 40.8 Å². The SMILES string of the molecule is C[C@H](NC1=NCCN1C)c1ccco1. The minimum Gasteiger partial charge on any atom is -0.467 e. The van der Waals surface area contributed by atoms with E-state index in [9.17, 15) is 0 Å². The van der Waals surface area contributed by atoms with Crippen molar-refractivity contribution in [2.45, 2.75) is 13.0 Å². The van der Waals surface area contributed by atoms with Crippen LogP contribution >= 0.6 is 0 Å². The molecule has 0 amide bonds. The first-order valence-electron chi connectivity index (χ1n) is 4.83. The Morgan fingerprint density at radius 2 is 2.50 bits per heavy atom. The molecule has 0 aromatic carbocycles. The fourth-order valence-corrected chi connectivity index (χ4v) is 1.49. The number of nitrogens with one attached hydrogen (secondary N) is 1. The lowest BCUT2D eigenvalue weighted by molar-refractivity contribution is 0.447. The van der Waals surface area contributed by atoms with Crippen LogP contribution in [0.15, 0.2) is 27.8 Å². The van der Waals surface area contributed by atoms with Crippen LogP contribution in [0.5, 0.6) is 0 Å². The van der Waals surface area contributed by atoms with Crippen molar-refractivity contribution < 1.29 is 4.42 Å². The Bertz CT molecular complexity index is 318. The van der Waals surface area contributed by atoms with Crippen LogP contribution in [0, 0.1) is 0 Å². The largest absolute Gasteiger partial charge is 0.467 e. The van der Waals surface area contributed by atoms with Gasteiger partial charge in [0.05, 0.1) is 18.8 Å². The molecule has 1 N–H and O–H groups in total. The van der Waals surface area contributed by atoms with E-state index in [1.165, 1.54) is 0 Å². The molecule has 14 heavy (non-hydrogen) atoms. The van der Waals surface area contributed by atoms with E-state index in [2.05, 4.69) is 22.1 Å². The average molecular weight is 193 g/mol. The molecule has 0 saturated heterocycles. The molecule has 4 heteroatoms. The molecule has 2 heterocycles. The molecule has 0 unspecified atom stereocenters. The van der Waals surface area contributed by atoms with E-state index in [0.717, 1.165) is 24.8 Å². The highest BCUT2D eigenvalue weighted by atomic mass is 16.3. The van der Waals surface area contributed by atoms with Crippen LogP contribution in [0.4, 0.5) is 0 Å². The van der Waals surface area contributed by atoms with Gasteiger partial charge in [-0.2, -0.15) is 0 Å². The lowest BCUT2D eigenvalue weighted by Crippen LogP contribution is -2.36. The molecule has 1 aliphatic heterocycles. The standard InChI is InChI=1S/C10H15N3O/c1-8(9-4-3-7-14-9)12-10-11-5-6-13(10)2/h3-4,7-8H,5-6H2,1-2H3,(H,11,12)/t8-/m0/s1. The molecule has 1 aliphatic rings. The molecular weight excluding hydrogens is 178 g/mol. The van der Waals surface area contributed by atoms with Crippen LogP contribution in [-0.4, -0.2) is 31.0 Å². The summed E-state index contributed by atoms with van der Waals surface area (Å²) in [5.74, 6) is 1.89. The molecule has 1 aromatic heterocycles. The van der Waals surface area contributed by atoms with Crippen molar-refractivity contribution in [3.8, 4) is 0 Å². The summed E-state index contributed by atoms with van der Waals surface area (Å²) in [4.78, 5) is 6.47. The number of hydrogen-bond donors (Lipinski definition) is 1. The predicted molar refractivity (Wildman–Crippen MR) is 55.2 cm³/mol. The Morgan fingerprint density at radius 1 is 1.64 bits per heavy atom. The first-order valence-corrected chi connectivity index (χ1v) is 4.83. The Morgan fingerprint density at radius 3 is 3.07 bits per heavy atom. The minimum atomic E-state index is 0.171. The molecule has 76 valence electrons. The Labute approximate surface area is 83.6 Å². The fourth-order valence-electron chi connectivity index (χ4n) is 1.49. The van der Waals surface area contributed by atoms with E-state index in [1.54, 1.807) is 6.26 Å². The molecule has 0 saturated carbocycles. The maximum absolute atomic E-state index is 5.30. The van der Waals surface area contributed by atoms with Crippen molar-refractivity contribution in [3.05, 3.63) is 24.2 Å². The molecule has 0 spiro atoms. The van der Waals surface area contributed by atoms with E-state index < -0.39 is 0 Å². The second kappa shape index (κ2) is 3.74. The van der Waals surface area contributed by atoms with Crippen LogP contribution in [-0.2, 0) is 0 Å². The van der Waals surface area contributed by atoms with Gasteiger partial charge in [0.15, 0.2) is 5.96 Å². The maximum atomic E-state index is 5.30. The number of furan rings is 1. The Kier molecular flexibility index (Phi) is 2.43. The monoisotopic (exact) mass is 193 g/mol. The number of hydrogen-bond acceptors (Lipinski definition) is 4. The average Bonchev–Trinajstić information content (AvgIpc) is 2.77. The Balaban J connectivity index is 1.98. The maximum Gasteiger partial charge on any atom is 0.194 e. The van der Waals surface area contributed by atoms with E-state index in [0.29, 0.717) is 0 Å². The van der Waals surface area contributed by atoms with Gasteiger partial charge in [-0.1, -0.05) is 0 Å². The predicted octanol–water partition coefficient (Wildman–Crippen LogP) is 1.23. The summed E-state index contributed by atoms with van der Waals surface area (Å²) < 4.78 is 5.30. The smallest absolute Gasteiger partial charge is 0.194 e. The minimum absolute atomic E-state index is 0.171. The third-order valence-electron chi connectivity index (χ3n) is 2.37. The highest BCUT2D eigenvalue weighted by molar-refractivity contribution is 5.81. The van der Waals surface area contributed by atoms with Gasteiger partial charge in [0, 0.05) is 13.6 Å². The van der Waals surface area contributed by atoms with Crippen molar-refractivity contribution in [1.29, 1.82) is 0 Å². The number of rotatable bonds is 2. The summed E-state index contributed by atoms with van der Waals surface area (Å²) in [5, 5.41) is 3.31. The second-order valence-corrected chi connectivity index (χ2v) is 3.51. The van der Waals surface area contributed by atoms with Gasteiger partial charge in [-0.05, 0) is 19.1 Å². The van der Waals surface area contributed by atoms with E-state index in [4.69, 9.17) is 4.42 Å². The van der Waals surface area contributed by atoms with Crippen LogP contribution in [0.1, 0.15) is 18.7 Å². The van der Waals surface area contributed by atoms with Crippen molar-refractivity contribution in [1.82, 2.24) is 10.2 Å². The zero-order valence-corrected chi connectivity index (χ0v) is 8.53. The molecule has 0 aliphatic carbocycles. The number of likely N-dealkylation sites (N-methyl/N-ethyl adjacent to an activating group) is 1. The molecule has 1 atom stereocenters. The van der Waals surface area contributed by atoms with Gasteiger partial charge in [-0.3, -0.25) is 4.99 Å². The molecule has 1 aromatic rings. The third-order valence-corrected chi connectivity index (χ3v) is 2.37. The van der Waals surface area contributed by atoms with Gasteiger partial charge < -0.3 is 14.6 Å². The molecule has 0 radical (unpaired) electrons. The van der Waals surface area contributed by atoms with Gasteiger partial charge in [-0.15, -0.1) is 0 Å². The zero-order valence-electron chi connectivity index (χ0n) is 8.53. The normalized spacial score (nSPS) is 18.1. The van der Waals surface area contributed by atoms with Gasteiger partial charge in [0.1, 0.15) is 5.76 Å². The summed E-state index contributed by atoms with van der Waals surface area (Å²) in [6.07, 6.45) is 1.69. The van der Waals surface area contributed by atoms with E-state index >= 15 is 0 Å². The third kappa shape index (κ3) is 1.73. The van der Waals surface area contributed by atoms with Crippen LogP contribution in [0.25, 0.3) is 0 Å². The van der Waals surface area contributed by atoms with Crippen molar-refractivity contribution in [2.75, 3.05) is 20.1 Å². The van der Waals surface area contributed by atoms with Gasteiger partial charge in [-0.25, -0.2) is 0 Å². The van der Waals surface area contributed by atoms with Crippen molar-refractivity contribution >= 4 is 5.96 Å². The lowest BCUT2D eigenvalue weighted by Gasteiger charge is -2.18. The summed E-state index contributed by atoms with van der Waals surface area (Å²) in [5.41, 5.74) is 0.